The lowest BCUT2D eigenvalue weighted by Gasteiger charge is -2.34. The Morgan fingerprint density at radius 2 is 1.73 bits per heavy atom. The first-order valence-corrected chi connectivity index (χ1v) is 9.87. The molecule has 1 atom stereocenters. The van der Waals surface area contributed by atoms with Gasteiger partial charge in [0.05, 0.1) is 10.9 Å². The standard InChI is InChI=1S/C19H18ClNO4S/c1-13-2-9-17(10-3-13)26(24,25)21-12-15(19(22)23)6-11-18(21)14-4-7-16(20)8-5-14/h2-10,18H,11-12H2,1H3,(H,22,23). The van der Waals surface area contributed by atoms with Gasteiger partial charge in [-0.15, -0.1) is 0 Å². The van der Waals surface area contributed by atoms with Crippen molar-refractivity contribution in [1.82, 2.24) is 4.31 Å². The minimum Gasteiger partial charge on any atom is -0.478 e. The molecule has 0 aliphatic carbocycles. The van der Waals surface area contributed by atoms with Crippen LogP contribution in [0.1, 0.15) is 23.6 Å². The quantitative estimate of drug-likeness (QED) is 0.860. The van der Waals surface area contributed by atoms with Crippen LogP contribution in [-0.4, -0.2) is 30.3 Å². The van der Waals surface area contributed by atoms with Gasteiger partial charge in [-0.25, -0.2) is 13.2 Å². The normalized spacial score (nSPS) is 18.4. The van der Waals surface area contributed by atoms with Crippen LogP contribution in [0.5, 0.6) is 0 Å². The summed E-state index contributed by atoms with van der Waals surface area (Å²) >= 11 is 5.93. The Morgan fingerprint density at radius 3 is 2.31 bits per heavy atom. The summed E-state index contributed by atoms with van der Waals surface area (Å²) in [4.78, 5) is 11.5. The fourth-order valence-electron chi connectivity index (χ4n) is 2.95. The SMILES string of the molecule is Cc1ccc(S(=O)(=O)N2CC(C(=O)O)=CCC2c2ccc(Cl)cc2)cc1. The zero-order valence-corrected chi connectivity index (χ0v) is 15.7. The molecule has 1 N–H and O–H groups in total. The number of nitrogens with zero attached hydrogens (tertiary/aromatic N) is 1. The Balaban J connectivity index is 2.06. The van der Waals surface area contributed by atoms with Crippen molar-refractivity contribution >= 4 is 27.6 Å². The van der Waals surface area contributed by atoms with Crippen molar-refractivity contribution in [2.24, 2.45) is 0 Å². The first kappa shape index (κ1) is 18.6. The number of sulfonamides is 1. The zero-order valence-electron chi connectivity index (χ0n) is 14.1. The molecular formula is C19H18ClNO4S. The third-order valence-corrected chi connectivity index (χ3v) is 6.54. The molecule has 0 bridgehead atoms. The van der Waals surface area contributed by atoms with Gasteiger partial charge in [-0.3, -0.25) is 0 Å². The van der Waals surface area contributed by atoms with Crippen LogP contribution in [0.3, 0.4) is 0 Å². The summed E-state index contributed by atoms with van der Waals surface area (Å²) in [6.07, 6.45) is 1.87. The molecule has 0 aromatic heterocycles. The molecule has 2 aromatic carbocycles. The van der Waals surface area contributed by atoms with E-state index in [0.29, 0.717) is 5.02 Å². The van der Waals surface area contributed by atoms with E-state index in [1.54, 1.807) is 54.6 Å². The van der Waals surface area contributed by atoms with Crippen molar-refractivity contribution in [3.05, 3.63) is 76.3 Å². The molecule has 2 aromatic rings. The number of halogens is 1. The molecule has 7 heteroatoms. The number of aryl methyl sites for hydroxylation is 1. The third kappa shape index (κ3) is 3.67. The molecule has 0 spiro atoms. The fraction of sp³-hybridized carbons (Fsp3) is 0.211. The lowest BCUT2D eigenvalue weighted by molar-refractivity contribution is -0.133. The Bertz CT molecular complexity index is 950. The molecule has 26 heavy (non-hydrogen) atoms. The fourth-order valence-corrected chi connectivity index (χ4v) is 4.68. The predicted molar refractivity (Wildman–Crippen MR) is 99.6 cm³/mol. The van der Waals surface area contributed by atoms with Crippen molar-refractivity contribution in [3.8, 4) is 0 Å². The highest BCUT2D eigenvalue weighted by Gasteiger charge is 2.36. The van der Waals surface area contributed by atoms with E-state index in [4.69, 9.17) is 11.6 Å². The van der Waals surface area contributed by atoms with Gasteiger partial charge in [-0.05, 0) is 43.2 Å². The average Bonchev–Trinajstić information content (AvgIpc) is 2.62. The summed E-state index contributed by atoms with van der Waals surface area (Å²) in [5.74, 6) is -1.11. The van der Waals surface area contributed by atoms with Gasteiger partial charge in [0.1, 0.15) is 0 Å². The van der Waals surface area contributed by atoms with Crippen molar-refractivity contribution in [2.45, 2.75) is 24.3 Å². The van der Waals surface area contributed by atoms with Gasteiger partial charge in [0.25, 0.3) is 0 Å². The van der Waals surface area contributed by atoms with Crippen LogP contribution < -0.4 is 0 Å². The van der Waals surface area contributed by atoms with Gasteiger partial charge in [0.15, 0.2) is 0 Å². The van der Waals surface area contributed by atoms with E-state index in [-0.39, 0.29) is 23.4 Å². The van der Waals surface area contributed by atoms with E-state index in [1.165, 1.54) is 4.31 Å². The number of carboxylic acids is 1. The average molecular weight is 392 g/mol. The van der Waals surface area contributed by atoms with Gasteiger partial charge in [-0.2, -0.15) is 4.31 Å². The van der Waals surface area contributed by atoms with Gasteiger partial charge < -0.3 is 5.11 Å². The molecule has 0 radical (unpaired) electrons. The number of rotatable bonds is 4. The number of hydrogen-bond donors (Lipinski definition) is 1. The highest BCUT2D eigenvalue weighted by Crippen LogP contribution is 2.35. The Kier molecular flexibility index (Phi) is 5.18. The van der Waals surface area contributed by atoms with Crippen LogP contribution in [0, 0.1) is 6.92 Å². The number of carboxylic acid groups (broad SMARTS) is 1. The maximum Gasteiger partial charge on any atom is 0.332 e. The first-order chi connectivity index (χ1) is 12.3. The van der Waals surface area contributed by atoms with E-state index in [9.17, 15) is 18.3 Å². The summed E-state index contributed by atoms with van der Waals surface area (Å²) in [5.41, 5.74) is 1.79. The van der Waals surface area contributed by atoms with E-state index >= 15 is 0 Å². The highest BCUT2D eigenvalue weighted by molar-refractivity contribution is 7.89. The predicted octanol–water partition coefficient (Wildman–Crippen LogP) is 3.80. The Labute approximate surface area is 157 Å². The van der Waals surface area contributed by atoms with Crippen LogP contribution in [0.15, 0.2) is 65.1 Å². The summed E-state index contributed by atoms with van der Waals surface area (Å²) in [5, 5.41) is 9.87. The summed E-state index contributed by atoms with van der Waals surface area (Å²) in [6.45, 7) is 1.69. The molecule has 5 nitrogen and oxygen atoms in total. The molecule has 0 amide bonds. The molecule has 1 heterocycles. The van der Waals surface area contributed by atoms with E-state index in [1.807, 2.05) is 6.92 Å². The second-order valence-corrected chi connectivity index (χ2v) is 8.53. The summed E-state index contributed by atoms with van der Waals surface area (Å²) < 4.78 is 27.6. The van der Waals surface area contributed by atoms with Crippen LogP contribution in [-0.2, 0) is 14.8 Å². The second-order valence-electron chi connectivity index (χ2n) is 6.20. The molecule has 136 valence electrons. The van der Waals surface area contributed by atoms with Gasteiger partial charge in [0.2, 0.25) is 10.0 Å². The molecule has 1 unspecified atom stereocenters. The summed E-state index contributed by atoms with van der Waals surface area (Å²) in [6, 6.07) is 13.0. The van der Waals surface area contributed by atoms with E-state index in [0.717, 1.165) is 11.1 Å². The molecule has 0 fully saturated rings. The van der Waals surface area contributed by atoms with Crippen molar-refractivity contribution in [2.75, 3.05) is 6.54 Å². The number of benzene rings is 2. The van der Waals surface area contributed by atoms with Crippen LogP contribution in [0.25, 0.3) is 0 Å². The highest BCUT2D eigenvalue weighted by atomic mass is 35.5. The molecule has 0 saturated carbocycles. The van der Waals surface area contributed by atoms with Crippen LogP contribution >= 0.6 is 11.6 Å². The summed E-state index contributed by atoms with van der Waals surface area (Å²) in [7, 11) is -3.86. The minimum atomic E-state index is -3.86. The molecule has 0 saturated heterocycles. The maximum absolute atomic E-state index is 13.2. The second kappa shape index (κ2) is 7.23. The third-order valence-electron chi connectivity index (χ3n) is 4.42. The van der Waals surface area contributed by atoms with Gasteiger partial charge in [0, 0.05) is 17.1 Å². The number of hydrogen-bond acceptors (Lipinski definition) is 3. The Hall–Kier alpha value is -2.15. The zero-order chi connectivity index (χ0) is 18.9. The first-order valence-electron chi connectivity index (χ1n) is 8.05. The van der Waals surface area contributed by atoms with Crippen LogP contribution in [0.4, 0.5) is 0 Å². The lowest BCUT2D eigenvalue weighted by Crippen LogP contribution is -2.39. The minimum absolute atomic E-state index is 0.0749. The Morgan fingerprint density at radius 1 is 1.12 bits per heavy atom. The molecule has 1 aliphatic heterocycles. The van der Waals surface area contributed by atoms with E-state index < -0.39 is 22.0 Å². The van der Waals surface area contributed by atoms with Crippen molar-refractivity contribution < 1.29 is 18.3 Å². The van der Waals surface area contributed by atoms with Crippen LogP contribution in [0.2, 0.25) is 5.02 Å². The maximum atomic E-state index is 13.2. The lowest BCUT2D eigenvalue weighted by atomic mass is 9.98. The topological polar surface area (TPSA) is 74.7 Å². The van der Waals surface area contributed by atoms with Gasteiger partial charge >= 0.3 is 5.97 Å². The molecular weight excluding hydrogens is 374 g/mol. The molecule has 1 aliphatic rings. The van der Waals surface area contributed by atoms with Gasteiger partial charge in [-0.1, -0.05) is 47.5 Å². The largest absolute Gasteiger partial charge is 0.478 e. The van der Waals surface area contributed by atoms with E-state index in [2.05, 4.69) is 0 Å². The smallest absolute Gasteiger partial charge is 0.332 e. The van der Waals surface area contributed by atoms with Crippen molar-refractivity contribution in [1.29, 1.82) is 0 Å². The number of aliphatic carboxylic acids is 1. The molecule has 3 rings (SSSR count). The van der Waals surface area contributed by atoms with Crippen molar-refractivity contribution in [3.63, 3.8) is 0 Å². The number of carbonyl (C=O) groups is 1. The monoisotopic (exact) mass is 391 g/mol.